The van der Waals surface area contributed by atoms with Crippen LogP contribution in [0, 0.1) is 5.41 Å². The fraction of sp³-hybridized carbons (Fsp3) is 0.414. The minimum absolute atomic E-state index is 0.0750. The van der Waals surface area contributed by atoms with Crippen LogP contribution in [0.4, 0.5) is 5.69 Å². The summed E-state index contributed by atoms with van der Waals surface area (Å²) in [5, 5.41) is 17.8. The van der Waals surface area contributed by atoms with Crippen molar-refractivity contribution in [2.24, 2.45) is 11.1 Å². The van der Waals surface area contributed by atoms with E-state index in [1.807, 2.05) is 39.0 Å². The Hall–Kier alpha value is -2.87. The molecule has 2 aromatic carbocycles. The lowest BCUT2D eigenvalue weighted by atomic mass is 9.85. The summed E-state index contributed by atoms with van der Waals surface area (Å²) in [6.45, 7) is 7.40. The number of rotatable bonds is 6. The molecule has 202 valence electrons. The third kappa shape index (κ3) is 6.06. The molecule has 1 heterocycles. The molecule has 1 aliphatic carbocycles. The molecule has 0 spiro atoms. The zero-order chi connectivity index (χ0) is 27.8. The number of anilines is 1. The number of phenolic OH excluding ortho intramolecular Hbond substituents is 1. The van der Waals surface area contributed by atoms with Gasteiger partial charge in [-0.2, -0.15) is 0 Å². The predicted molar refractivity (Wildman–Crippen MR) is 154 cm³/mol. The number of aromatic hydroxyl groups is 1. The maximum atomic E-state index is 12.6. The van der Waals surface area contributed by atoms with Gasteiger partial charge < -0.3 is 21.5 Å². The van der Waals surface area contributed by atoms with Crippen LogP contribution in [0.3, 0.4) is 0 Å². The minimum atomic E-state index is -0.563. The average Bonchev–Trinajstić information content (AvgIpc) is 2.86. The molecule has 1 aliphatic rings. The van der Waals surface area contributed by atoms with E-state index >= 15 is 0 Å². The van der Waals surface area contributed by atoms with Crippen molar-refractivity contribution in [1.29, 1.82) is 0 Å². The number of fused-ring (bicyclic) bond motifs is 1. The molecule has 5 N–H and O–H groups in total. The number of Topliss-reactive ketones (excluding diaryl/α,β-unsaturated/α-hetero) is 1. The van der Waals surface area contributed by atoms with Crippen molar-refractivity contribution in [3.8, 4) is 16.9 Å². The molecule has 0 saturated heterocycles. The van der Waals surface area contributed by atoms with Gasteiger partial charge in [-0.25, -0.2) is 0 Å². The minimum Gasteiger partial charge on any atom is -0.505 e. The summed E-state index contributed by atoms with van der Waals surface area (Å²) >= 11 is 12.3. The van der Waals surface area contributed by atoms with E-state index in [-0.39, 0.29) is 45.0 Å². The van der Waals surface area contributed by atoms with E-state index in [0.717, 1.165) is 53.4 Å². The van der Waals surface area contributed by atoms with E-state index in [1.54, 1.807) is 18.3 Å². The van der Waals surface area contributed by atoms with Gasteiger partial charge >= 0.3 is 0 Å². The van der Waals surface area contributed by atoms with Crippen LogP contribution < -0.4 is 16.4 Å². The molecule has 1 unspecified atom stereocenters. The second-order valence-corrected chi connectivity index (χ2v) is 12.0. The van der Waals surface area contributed by atoms with E-state index in [0.29, 0.717) is 5.56 Å². The Labute approximate surface area is 233 Å². The molecule has 1 fully saturated rings. The smallest absolute Gasteiger partial charge is 0.237 e. The summed E-state index contributed by atoms with van der Waals surface area (Å²) in [4.78, 5) is 29.6. The van der Waals surface area contributed by atoms with Crippen molar-refractivity contribution < 1.29 is 14.7 Å². The normalized spacial score (nSPS) is 18.7. The number of nitrogens with zero attached hydrogens (tertiary/aromatic N) is 1. The Kier molecular flexibility index (Phi) is 8.21. The van der Waals surface area contributed by atoms with E-state index in [2.05, 4.69) is 15.6 Å². The summed E-state index contributed by atoms with van der Waals surface area (Å²) in [7, 11) is 0. The number of halogens is 2. The second kappa shape index (κ2) is 11.1. The topological polar surface area (TPSA) is 117 Å². The number of ketones is 1. The molecule has 0 radical (unpaired) electrons. The monoisotopic (exact) mass is 556 g/mol. The largest absolute Gasteiger partial charge is 0.505 e. The van der Waals surface area contributed by atoms with E-state index in [1.165, 1.54) is 6.92 Å². The number of carbonyl (C=O) groups excluding carboxylic acids is 2. The fourth-order valence-corrected chi connectivity index (χ4v) is 5.28. The van der Waals surface area contributed by atoms with Gasteiger partial charge in [-0.15, -0.1) is 0 Å². The van der Waals surface area contributed by atoms with E-state index in [4.69, 9.17) is 28.9 Å². The summed E-state index contributed by atoms with van der Waals surface area (Å²) in [6, 6.07) is 8.69. The first-order valence-corrected chi connectivity index (χ1v) is 13.5. The van der Waals surface area contributed by atoms with Crippen LogP contribution in [-0.2, 0) is 4.79 Å². The molecule has 0 aliphatic heterocycles. The summed E-state index contributed by atoms with van der Waals surface area (Å²) in [6.07, 6.45) is 4.91. The van der Waals surface area contributed by atoms with Gasteiger partial charge in [0.05, 0.1) is 32.9 Å². The number of nitrogens with two attached hydrogens (primary N) is 1. The first-order chi connectivity index (χ1) is 17.8. The van der Waals surface area contributed by atoms with Gasteiger partial charge in [0.1, 0.15) is 0 Å². The van der Waals surface area contributed by atoms with Crippen LogP contribution in [0.1, 0.15) is 63.7 Å². The van der Waals surface area contributed by atoms with Gasteiger partial charge in [0, 0.05) is 23.7 Å². The third-order valence-corrected chi connectivity index (χ3v) is 7.81. The van der Waals surface area contributed by atoms with Crippen LogP contribution in [0.25, 0.3) is 22.0 Å². The number of benzene rings is 2. The molecule has 1 atom stereocenters. The van der Waals surface area contributed by atoms with Crippen molar-refractivity contribution in [1.82, 2.24) is 10.3 Å². The van der Waals surface area contributed by atoms with Gasteiger partial charge in [-0.05, 0) is 73.4 Å². The Bertz CT molecular complexity index is 1360. The predicted octanol–water partition coefficient (Wildman–Crippen LogP) is 6.33. The number of carbonyl (C=O) groups is 2. The maximum absolute atomic E-state index is 12.6. The van der Waals surface area contributed by atoms with Crippen molar-refractivity contribution in [3.63, 3.8) is 0 Å². The van der Waals surface area contributed by atoms with Gasteiger partial charge in [0.15, 0.2) is 11.5 Å². The van der Waals surface area contributed by atoms with Crippen LogP contribution >= 0.6 is 23.2 Å². The van der Waals surface area contributed by atoms with Gasteiger partial charge in [-0.3, -0.25) is 14.6 Å². The molecular weight excluding hydrogens is 523 g/mol. The SMILES string of the molecule is CC(=O)c1cnc2ccc(-c3cc(Cl)c(O)c(Cl)c3)cc2c1NC1CCC(NC(=O)C(N)C(C)(C)C)CC1. The number of nitrogens with one attached hydrogen (secondary N) is 2. The highest BCUT2D eigenvalue weighted by atomic mass is 35.5. The van der Waals surface area contributed by atoms with Crippen LogP contribution in [0.2, 0.25) is 10.0 Å². The zero-order valence-corrected chi connectivity index (χ0v) is 23.6. The lowest BCUT2D eigenvalue weighted by Gasteiger charge is -2.33. The first kappa shape index (κ1) is 28.1. The molecule has 1 saturated carbocycles. The molecule has 3 aromatic rings. The lowest BCUT2D eigenvalue weighted by Crippen LogP contribution is -2.52. The molecule has 4 rings (SSSR count). The second-order valence-electron chi connectivity index (χ2n) is 11.2. The van der Waals surface area contributed by atoms with Crippen LogP contribution in [0.5, 0.6) is 5.75 Å². The first-order valence-electron chi connectivity index (χ1n) is 12.8. The Morgan fingerprint density at radius 1 is 1.03 bits per heavy atom. The standard InChI is InChI=1S/C29H34Cl2N4O3/c1-15(36)21-14-33-24-10-5-16(17-12-22(30)26(37)23(31)13-17)11-20(24)25(21)34-18-6-8-19(9-7-18)35-28(38)27(32)29(2,3)4/h5,10-14,18-19,27,37H,6-9,32H2,1-4H3,(H,33,34)(H,35,38). The molecule has 1 amide bonds. The summed E-state index contributed by atoms with van der Waals surface area (Å²) < 4.78 is 0. The number of aromatic nitrogens is 1. The molecule has 38 heavy (non-hydrogen) atoms. The van der Waals surface area contributed by atoms with Crippen LogP contribution in [0.15, 0.2) is 36.5 Å². The Morgan fingerprint density at radius 2 is 1.63 bits per heavy atom. The molecular formula is C29H34Cl2N4O3. The third-order valence-electron chi connectivity index (χ3n) is 7.23. The average molecular weight is 558 g/mol. The van der Waals surface area contributed by atoms with Crippen LogP contribution in [-0.4, -0.2) is 39.9 Å². The summed E-state index contributed by atoms with van der Waals surface area (Å²) in [5.74, 6) is -0.358. The molecule has 7 nitrogen and oxygen atoms in total. The molecule has 0 bridgehead atoms. The van der Waals surface area contributed by atoms with E-state index < -0.39 is 6.04 Å². The van der Waals surface area contributed by atoms with Crippen molar-refractivity contribution in [2.75, 3.05) is 5.32 Å². The van der Waals surface area contributed by atoms with Gasteiger partial charge in [0.25, 0.3) is 0 Å². The number of hydrogen-bond acceptors (Lipinski definition) is 6. The van der Waals surface area contributed by atoms with Gasteiger partial charge in [-0.1, -0.05) is 50.0 Å². The number of pyridine rings is 1. The fourth-order valence-electron chi connectivity index (χ4n) is 4.80. The zero-order valence-electron chi connectivity index (χ0n) is 22.1. The summed E-state index contributed by atoms with van der Waals surface area (Å²) in [5.41, 5.74) is 9.39. The highest BCUT2D eigenvalue weighted by Crippen LogP contribution is 2.38. The van der Waals surface area contributed by atoms with Crippen molar-refractivity contribution in [2.45, 2.75) is 71.5 Å². The molecule has 9 heteroatoms. The Morgan fingerprint density at radius 3 is 2.21 bits per heavy atom. The maximum Gasteiger partial charge on any atom is 0.237 e. The van der Waals surface area contributed by atoms with Crippen molar-refractivity contribution in [3.05, 3.63) is 52.1 Å². The van der Waals surface area contributed by atoms with Gasteiger partial charge in [0.2, 0.25) is 5.91 Å². The number of phenols is 1. The van der Waals surface area contributed by atoms with Crippen molar-refractivity contribution >= 4 is 51.5 Å². The number of hydrogen-bond donors (Lipinski definition) is 4. The Balaban J connectivity index is 1.58. The number of amides is 1. The lowest BCUT2D eigenvalue weighted by molar-refractivity contribution is -0.125. The quantitative estimate of drug-likeness (QED) is 0.263. The van der Waals surface area contributed by atoms with E-state index in [9.17, 15) is 14.7 Å². The molecule has 1 aromatic heterocycles. The highest BCUT2D eigenvalue weighted by Gasteiger charge is 2.30. The highest BCUT2D eigenvalue weighted by molar-refractivity contribution is 6.37.